The van der Waals surface area contributed by atoms with Gasteiger partial charge in [0.15, 0.2) is 0 Å². The minimum absolute atomic E-state index is 0.142. The highest BCUT2D eigenvalue weighted by atomic mass is 14.4. The molecule has 0 fully saturated rings. The third kappa shape index (κ3) is 2.18. The Morgan fingerprint density at radius 2 is 1.55 bits per heavy atom. The maximum Gasteiger partial charge on any atom is 0.0158 e. The first-order valence-corrected chi connectivity index (χ1v) is 7.79. The number of rotatable bonds is 1. The highest BCUT2D eigenvalue weighted by Crippen LogP contribution is 2.48. The van der Waals surface area contributed by atoms with Gasteiger partial charge in [-0.15, -0.1) is 0 Å². The Hall–Kier alpha value is -1.56. The van der Waals surface area contributed by atoms with Crippen molar-refractivity contribution in [1.82, 2.24) is 0 Å². The summed E-state index contributed by atoms with van der Waals surface area (Å²) in [5, 5.41) is 0. The molecule has 0 aliphatic heterocycles. The van der Waals surface area contributed by atoms with Crippen molar-refractivity contribution in [1.29, 1.82) is 0 Å². The van der Waals surface area contributed by atoms with Crippen LogP contribution in [0, 0.1) is 6.92 Å². The van der Waals surface area contributed by atoms with Gasteiger partial charge in [0.1, 0.15) is 0 Å². The maximum atomic E-state index is 2.39. The normalized spacial score (nSPS) is 14.1. The van der Waals surface area contributed by atoms with Crippen molar-refractivity contribution in [3.8, 4) is 11.1 Å². The highest BCUT2D eigenvalue weighted by Gasteiger charge is 2.35. The molecule has 2 aromatic carbocycles. The lowest BCUT2D eigenvalue weighted by molar-refractivity contribution is 0.659. The van der Waals surface area contributed by atoms with Gasteiger partial charge in [0.2, 0.25) is 0 Å². The Kier molecular flexibility index (Phi) is 4.04. The largest absolute Gasteiger partial charge is 0.0683 e. The average molecular weight is 266 g/mol. The fourth-order valence-corrected chi connectivity index (χ4v) is 3.13. The molecule has 0 bridgehead atoms. The van der Waals surface area contributed by atoms with Crippen LogP contribution in [-0.2, 0) is 11.8 Å². The van der Waals surface area contributed by atoms with E-state index in [1.807, 2.05) is 13.8 Å². The summed E-state index contributed by atoms with van der Waals surface area (Å²) in [6.07, 6.45) is 1.11. The third-order valence-electron chi connectivity index (χ3n) is 4.30. The SMILES string of the molecule is CC.CCc1ccc2c(c1)C(C)(C)c1ccc(C)cc1-2. The van der Waals surface area contributed by atoms with Gasteiger partial charge in [0.25, 0.3) is 0 Å². The Balaban J connectivity index is 0.000000704. The van der Waals surface area contributed by atoms with Crippen LogP contribution in [0.5, 0.6) is 0 Å². The van der Waals surface area contributed by atoms with Crippen LogP contribution in [0.1, 0.15) is 56.9 Å². The van der Waals surface area contributed by atoms with Crippen molar-refractivity contribution in [2.45, 2.75) is 53.4 Å². The van der Waals surface area contributed by atoms with Crippen molar-refractivity contribution in [2.24, 2.45) is 0 Å². The van der Waals surface area contributed by atoms with E-state index in [9.17, 15) is 0 Å². The number of hydrogen-bond donors (Lipinski definition) is 0. The number of fused-ring (bicyclic) bond motifs is 3. The van der Waals surface area contributed by atoms with Crippen LogP contribution in [-0.4, -0.2) is 0 Å². The standard InChI is InChI=1S/C18H20.C2H6/c1-5-13-7-8-14-15-10-12(2)6-9-16(15)18(3,4)17(14)11-13;1-2/h6-11H,5H2,1-4H3;1-2H3. The van der Waals surface area contributed by atoms with E-state index >= 15 is 0 Å². The second kappa shape index (κ2) is 5.44. The predicted molar refractivity (Wildman–Crippen MR) is 89.5 cm³/mol. The van der Waals surface area contributed by atoms with Gasteiger partial charge in [0.05, 0.1) is 0 Å². The van der Waals surface area contributed by atoms with Gasteiger partial charge in [-0.05, 0) is 41.2 Å². The first-order valence-electron chi connectivity index (χ1n) is 7.79. The number of aryl methyl sites for hydroxylation is 2. The number of benzene rings is 2. The summed E-state index contributed by atoms with van der Waals surface area (Å²) in [6, 6.07) is 13.8. The second-order valence-corrected chi connectivity index (χ2v) is 5.91. The summed E-state index contributed by atoms with van der Waals surface area (Å²) in [5.74, 6) is 0. The van der Waals surface area contributed by atoms with E-state index in [1.165, 1.54) is 33.4 Å². The third-order valence-corrected chi connectivity index (χ3v) is 4.30. The lowest BCUT2D eigenvalue weighted by atomic mass is 9.82. The molecule has 0 saturated heterocycles. The van der Waals surface area contributed by atoms with Crippen LogP contribution in [0.2, 0.25) is 0 Å². The van der Waals surface area contributed by atoms with Crippen LogP contribution in [0.15, 0.2) is 36.4 Å². The summed E-state index contributed by atoms with van der Waals surface area (Å²) in [4.78, 5) is 0. The van der Waals surface area contributed by atoms with Crippen LogP contribution < -0.4 is 0 Å². The minimum atomic E-state index is 0.142. The van der Waals surface area contributed by atoms with Crippen molar-refractivity contribution < 1.29 is 0 Å². The monoisotopic (exact) mass is 266 g/mol. The maximum absolute atomic E-state index is 2.39. The summed E-state index contributed by atoms with van der Waals surface area (Å²) in [7, 11) is 0. The molecule has 0 spiro atoms. The van der Waals surface area contributed by atoms with Crippen LogP contribution in [0.25, 0.3) is 11.1 Å². The molecule has 2 aromatic rings. The van der Waals surface area contributed by atoms with Crippen molar-refractivity contribution in [3.63, 3.8) is 0 Å². The van der Waals surface area contributed by atoms with E-state index in [0.717, 1.165) is 6.42 Å². The van der Waals surface area contributed by atoms with E-state index in [4.69, 9.17) is 0 Å². The molecule has 106 valence electrons. The fraction of sp³-hybridized carbons (Fsp3) is 0.400. The summed E-state index contributed by atoms with van der Waals surface area (Å²) in [6.45, 7) is 13.1. The van der Waals surface area contributed by atoms with Crippen LogP contribution >= 0.6 is 0 Å². The molecule has 0 atom stereocenters. The molecule has 0 heterocycles. The number of hydrogen-bond acceptors (Lipinski definition) is 0. The molecule has 0 amide bonds. The first kappa shape index (κ1) is 14.8. The van der Waals surface area contributed by atoms with Gasteiger partial charge in [-0.1, -0.05) is 76.6 Å². The summed E-state index contributed by atoms with van der Waals surface area (Å²) >= 11 is 0. The fourth-order valence-electron chi connectivity index (χ4n) is 3.13. The molecule has 0 heteroatoms. The van der Waals surface area contributed by atoms with Crippen LogP contribution in [0.3, 0.4) is 0 Å². The molecular formula is C20H26. The van der Waals surface area contributed by atoms with Gasteiger partial charge in [-0.25, -0.2) is 0 Å². The topological polar surface area (TPSA) is 0 Å². The van der Waals surface area contributed by atoms with Gasteiger partial charge < -0.3 is 0 Å². The predicted octanol–water partition coefficient (Wildman–Crippen LogP) is 5.89. The van der Waals surface area contributed by atoms with Crippen molar-refractivity contribution >= 4 is 0 Å². The Morgan fingerprint density at radius 3 is 2.20 bits per heavy atom. The zero-order valence-electron chi connectivity index (χ0n) is 13.7. The molecule has 3 rings (SSSR count). The van der Waals surface area contributed by atoms with Crippen LogP contribution in [0.4, 0.5) is 0 Å². The zero-order valence-corrected chi connectivity index (χ0v) is 13.7. The molecule has 0 nitrogen and oxygen atoms in total. The lowest BCUT2D eigenvalue weighted by Crippen LogP contribution is -2.15. The summed E-state index contributed by atoms with van der Waals surface area (Å²) < 4.78 is 0. The van der Waals surface area contributed by atoms with Gasteiger partial charge in [0, 0.05) is 5.41 Å². The molecule has 0 N–H and O–H groups in total. The minimum Gasteiger partial charge on any atom is -0.0683 e. The molecule has 0 unspecified atom stereocenters. The molecule has 0 aromatic heterocycles. The van der Waals surface area contributed by atoms with Crippen molar-refractivity contribution in [3.05, 3.63) is 58.7 Å². The van der Waals surface area contributed by atoms with E-state index < -0.39 is 0 Å². The lowest BCUT2D eigenvalue weighted by Gasteiger charge is -2.22. The van der Waals surface area contributed by atoms with E-state index in [-0.39, 0.29) is 5.41 Å². The van der Waals surface area contributed by atoms with E-state index in [0.29, 0.717) is 0 Å². The highest BCUT2D eigenvalue weighted by molar-refractivity contribution is 5.81. The Morgan fingerprint density at radius 1 is 0.850 bits per heavy atom. The molecule has 0 radical (unpaired) electrons. The average Bonchev–Trinajstić information content (AvgIpc) is 2.69. The molecule has 1 aliphatic carbocycles. The van der Waals surface area contributed by atoms with Gasteiger partial charge in [-0.2, -0.15) is 0 Å². The quantitative estimate of drug-likeness (QED) is 0.603. The van der Waals surface area contributed by atoms with Gasteiger partial charge >= 0.3 is 0 Å². The molecular weight excluding hydrogens is 240 g/mol. The van der Waals surface area contributed by atoms with Crippen molar-refractivity contribution in [2.75, 3.05) is 0 Å². The molecule has 20 heavy (non-hydrogen) atoms. The molecule has 0 saturated carbocycles. The Bertz CT molecular complexity index is 618. The summed E-state index contributed by atoms with van der Waals surface area (Å²) in [5.41, 5.74) is 8.74. The first-order chi connectivity index (χ1) is 9.54. The molecule has 1 aliphatic rings. The second-order valence-electron chi connectivity index (χ2n) is 5.91. The smallest absolute Gasteiger partial charge is 0.0158 e. The van der Waals surface area contributed by atoms with E-state index in [1.54, 1.807) is 0 Å². The van der Waals surface area contributed by atoms with Gasteiger partial charge in [-0.3, -0.25) is 0 Å². The Labute approximate surface area is 123 Å². The zero-order chi connectivity index (χ0) is 14.9. The van der Waals surface area contributed by atoms with E-state index in [2.05, 4.69) is 64.1 Å².